The molecule has 0 aromatic heterocycles. The van der Waals surface area contributed by atoms with Gasteiger partial charge in [0, 0.05) is 25.8 Å². The van der Waals surface area contributed by atoms with Gasteiger partial charge >= 0.3 is 6.03 Å². The van der Waals surface area contributed by atoms with Crippen molar-refractivity contribution in [2.45, 2.75) is 26.2 Å². The molecule has 1 aliphatic heterocycles. The summed E-state index contributed by atoms with van der Waals surface area (Å²) >= 11 is 0. The van der Waals surface area contributed by atoms with E-state index in [-0.39, 0.29) is 6.03 Å². The average molecular weight is 232 g/mol. The lowest BCUT2D eigenvalue weighted by atomic mass is 10.2. The van der Waals surface area contributed by atoms with E-state index in [1.807, 2.05) is 35.0 Å². The Morgan fingerprint density at radius 3 is 2.94 bits per heavy atom. The van der Waals surface area contributed by atoms with Gasteiger partial charge in [-0.1, -0.05) is 31.5 Å². The van der Waals surface area contributed by atoms with Crippen molar-refractivity contribution in [2.75, 3.05) is 25.0 Å². The van der Waals surface area contributed by atoms with E-state index in [9.17, 15) is 4.79 Å². The number of amides is 2. The first-order valence-electron chi connectivity index (χ1n) is 6.34. The lowest BCUT2D eigenvalue weighted by molar-refractivity contribution is 0.215. The van der Waals surface area contributed by atoms with Gasteiger partial charge in [-0.25, -0.2) is 4.79 Å². The number of nitrogens with zero attached hydrogens (tertiary/aromatic N) is 2. The van der Waals surface area contributed by atoms with E-state index in [2.05, 4.69) is 13.0 Å². The van der Waals surface area contributed by atoms with E-state index >= 15 is 0 Å². The summed E-state index contributed by atoms with van der Waals surface area (Å²) in [6.45, 7) is 3.80. The van der Waals surface area contributed by atoms with E-state index in [1.54, 1.807) is 0 Å². The summed E-state index contributed by atoms with van der Waals surface area (Å²) in [7, 11) is 1.89. The zero-order valence-electron chi connectivity index (χ0n) is 10.6. The molecule has 1 aromatic carbocycles. The molecule has 0 aliphatic carbocycles. The third-order valence-corrected chi connectivity index (χ3v) is 3.29. The molecule has 0 unspecified atom stereocenters. The summed E-state index contributed by atoms with van der Waals surface area (Å²) < 4.78 is 0. The number of rotatable bonds is 3. The summed E-state index contributed by atoms with van der Waals surface area (Å²) in [6, 6.07) is 8.30. The Hall–Kier alpha value is -1.51. The van der Waals surface area contributed by atoms with Crippen LogP contribution in [0.5, 0.6) is 0 Å². The van der Waals surface area contributed by atoms with Gasteiger partial charge < -0.3 is 4.90 Å². The number of benzene rings is 1. The van der Waals surface area contributed by atoms with Crippen LogP contribution in [0.25, 0.3) is 0 Å². The van der Waals surface area contributed by atoms with Crippen LogP contribution >= 0.6 is 0 Å². The second-order valence-corrected chi connectivity index (χ2v) is 4.59. The van der Waals surface area contributed by atoms with E-state index in [4.69, 9.17) is 0 Å². The highest BCUT2D eigenvalue weighted by Gasteiger charge is 2.25. The number of carbonyl (C=O) groups excluding carboxylic acids is 1. The molecule has 0 spiro atoms. The fraction of sp³-hybridized carbons (Fsp3) is 0.500. The van der Waals surface area contributed by atoms with Crippen molar-refractivity contribution in [3.8, 4) is 0 Å². The number of carbonyl (C=O) groups is 1. The third-order valence-electron chi connectivity index (χ3n) is 3.29. The summed E-state index contributed by atoms with van der Waals surface area (Å²) in [6.07, 6.45) is 3.16. The van der Waals surface area contributed by atoms with E-state index in [0.29, 0.717) is 0 Å². The van der Waals surface area contributed by atoms with Crippen molar-refractivity contribution in [1.29, 1.82) is 0 Å². The monoisotopic (exact) mass is 232 g/mol. The normalized spacial score (nSPS) is 13.6. The zero-order chi connectivity index (χ0) is 12.3. The summed E-state index contributed by atoms with van der Waals surface area (Å²) in [5.74, 6) is 0. The molecule has 3 nitrogen and oxygen atoms in total. The molecule has 92 valence electrons. The molecule has 2 amide bonds. The third kappa shape index (κ3) is 2.43. The van der Waals surface area contributed by atoms with Crippen LogP contribution in [0.15, 0.2) is 24.3 Å². The summed E-state index contributed by atoms with van der Waals surface area (Å²) in [5, 5.41) is 0. The highest BCUT2D eigenvalue weighted by Crippen LogP contribution is 2.28. The Morgan fingerprint density at radius 2 is 2.18 bits per heavy atom. The first-order chi connectivity index (χ1) is 8.24. The molecule has 1 aromatic rings. The van der Waals surface area contributed by atoms with Gasteiger partial charge in [-0.2, -0.15) is 0 Å². The second-order valence-electron chi connectivity index (χ2n) is 4.59. The summed E-state index contributed by atoms with van der Waals surface area (Å²) in [5.41, 5.74) is 2.37. The zero-order valence-corrected chi connectivity index (χ0v) is 10.6. The van der Waals surface area contributed by atoms with Crippen molar-refractivity contribution < 1.29 is 4.79 Å². The van der Waals surface area contributed by atoms with Gasteiger partial charge in [0.1, 0.15) is 0 Å². The van der Waals surface area contributed by atoms with Crippen LogP contribution in [-0.2, 0) is 6.42 Å². The van der Waals surface area contributed by atoms with Gasteiger partial charge in [0.2, 0.25) is 0 Å². The van der Waals surface area contributed by atoms with Crippen molar-refractivity contribution in [3.05, 3.63) is 29.8 Å². The van der Waals surface area contributed by atoms with Crippen molar-refractivity contribution in [1.82, 2.24) is 4.90 Å². The Morgan fingerprint density at radius 1 is 1.41 bits per heavy atom. The fourth-order valence-electron chi connectivity index (χ4n) is 2.23. The maximum atomic E-state index is 12.3. The molecular formula is C14H20N2O. The maximum absolute atomic E-state index is 12.3. The molecule has 1 aliphatic rings. The Bertz CT molecular complexity index is 403. The van der Waals surface area contributed by atoms with E-state index < -0.39 is 0 Å². The van der Waals surface area contributed by atoms with Gasteiger partial charge in [-0.15, -0.1) is 0 Å². The smallest absolute Gasteiger partial charge is 0.324 e. The molecule has 3 heteroatoms. The van der Waals surface area contributed by atoms with Crippen LogP contribution in [-0.4, -0.2) is 31.1 Å². The van der Waals surface area contributed by atoms with Crippen LogP contribution in [0.4, 0.5) is 10.5 Å². The predicted octanol–water partition coefficient (Wildman–Crippen LogP) is 2.90. The Labute approximate surface area is 103 Å². The topological polar surface area (TPSA) is 23.6 Å². The molecule has 0 saturated carbocycles. The van der Waals surface area contributed by atoms with Gasteiger partial charge in [-0.3, -0.25) is 4.90 Å². The van der Waals surface area contributed by atoms with Crippen LogP contribution in [0.1, 0.15) is 25.3 Å². The van der Waals surface area contributed by atoms with E-state index in [0.717, 1.165) is 38.0 Å². The highest BCUT2D eigenvalue weighted by molar-refractivity contribution is 5.94. The quantitative estimate of drug-likeness (QED) is 0.786. The number of fused-ring (bicyclic) bond motifs is 1. The standard InChI is InChI=1S/C14H20N2O/c1-3-4-10-15(2)14(17)16-11-9-12-7-5-6-8-13(12)16/h5-8H,3-4,9-11H2,1-2H3. The van der Waals surface area contributed by atoms with Crippen molar-refractivity contribution in [2.24, 2.45) is 0 Å². The summed E-state index contributed by atoms with van der Waals surface area (Å²) in [4.78, 5) is 16.0. The average Bonchev–Trinajstić information content (AvgIpc) is 2.78. The van der Waals surface area contributed by atoms with Gasteiger partial charge in [0.15, 0.2) is 0 Å². The molecule has 0 bridgehead atoms. The molecule has 17 heavy (non-hydrogen) atoms. The van der Waals surface area contributed by atoms with Gasteiger partial charge in [0.05, 0.1) is 0 Å². The number of hydrogen-bond acceptors (Lipinski definition) is 1. The molecule has 0 N–H and O–H groups in total. The molecule has 0 saturated heterocycles. The first kappa shape index (κ1) is 12.0. The SMILES string of the molecule is CCCCN(C)C(=O)N1CCc2ccccc21. The van der Waals surface area contributed by atoms with Crippen LogP contribution < -0.4 is 4.90 Å². The maximum Gasteiger partial charge on any atom is 0.324 e. The molecule has 0 atom stereocenters. The second kappa shape index (κ2) is 5.21. The van der Waals surface area contributed by atoms with Crippen LogP contribution in [0.2, 0.25) is 0 Å². The lowest BCUT2D eigenvalue weighted by Crippen LogP contribution is -2.40. The number of hydrogen-bond donors (Lipinski definition) is 0. The molecular weight excluding hydrogens is 212 g/mol. The van der Waals surface area contributed by atoms with E-state index in [1.165, 1.54) is 5.56 Å². The number of unbranched alkanes of at least 4 members (excludes halogenated alkanes) is 1. The van der Waals surface area contributed by atoms with Crippen molar-refractivity contribution in [3.63, 3.8) is 0 Å². The number of anilines is 1. The highest BCUT2D eigenvalue weighted by atomic mass is 16.2. The Kier molecular flexibility index (Phi) is 3.67. The Balaban J connectivity index is 2.07. The molecule has 1 heterocycles. The molecule has 0 fully saturated rings. The van der Waals surface area contributed by atoms with Crippen LogP contribution in [0.3, 0.4) is 0 Å². The number of para-hydroxylation sites is 1. The lowest BCUT2D eigenvalue weighted by Gasteiger charge is -2.25. The molecule has 0 radical (unpaired) electrons. The predicted molar refractivity (Wildman–Crippen MR) is 70.4 cm³/mol. The van der Waals surface area contributed by atoms with Crippen molar-refractivity contribution >= 4 is 11.7 Å². The van der Waals surface area contributed by atoms with Gasteiger partial charge in [0.25, 0.3) is 0 Å². The minimum absolute atomic E-state index is 0.128. The van der Waals surface area contributed by atoms with Crippen LogP contribution in [0, 0.1) is 0 Å². The fourth-order valence-corrected chi connectivity index (χ4v) is 2.23. The minimum atomic E-state index is 0.128. The molecule has 2 rings (SSSR count). The van der Waals surface area contributed by atoms with Gasteiger partial charge in [-0.05, 0) is 24.5 Å². The minimum Gasteiger partial charge on any atom is -0.327 e. The first-order valence-corrected chi connectivity index (χ1v) is 6.34. The number of urea groups is 1. The largest absolute Gasteiger partial charge is 0.327 e.